The second-order valence-electron chi connectivity index (χ2n) is 4.77. The van der Waals surface area contributed by atoms with Crippen LogP contribution in [0, 0.1) is 12.7 Å². The van der Waals surface area contributed by atoms with E-state index in [9.17, 15) is 4.39 Å². The van der Waals surface area contributed by atoms with Gasteiger partial charge >= 0.3 is 0 Å². The van der Waals surface area contributed by atoms with Crippen LogP contribution < -0.4 is 0 Å². The first-order valence-electron chi connectivity index (χ1n) is 6.63. The summed E-state index contributed by atoms with van der Waals surface area (Å²) >= 11 is 4.54. The molecule has 2 aromatic carbocycles. The van der Waals surface area contributed by atoms with Crippen LogP contribution in [-0.2, 0) is 6.42 Å². The van der Waals surface area contributed by atoms with Gasteiger partial charge < -0.3 is 0 Å². The molecule has 0 radical (unpaired) electrons. The monoisotopic (exact) mass is 285 g/mol. The van der Waals surface area contributed by atoms with Gasteiger partial charge in [-0.15, -0.1) is 0 Å². The second kappa shape index (κ2) is 6.56. The molecule has 20 heavy (non-hydrogen) atoms. The summed E-state index contributed by atoms with van der Waals surface area (Å²) in [5, 5.41) is 2.21. The maximum Gasteiger partial charge on any atom is 0.150 e. The van der Waals surface area contributed by atoms with E-state index in [1.165, 1.54) is 11.6 Å². The molecule has 0 fully saturated rings. The molecule has 0 aromatic heterocycles. The first-order chi connectivity index (χ1) is 9.65. The number of isothiocyanates is 1. The summed E-state index contributed by atoms with van der Waals surface area (Å²) < 4.78 is 14.0. The van der Waals surface area contributed by atoms with Crippen molar-refractivity contribution < 1.29 is 4.39 Å². The molecule has 2 aromatic rings. The zero-order valence-corrected chi connectivity index (χ0v) is 12.4. The van der Waals surface area contributed by atoms with Crippen molar-refractivity contribution in [1.29, 1.82) is 0 Å². The number of aliphatic imine (C=N–C) groups is 1. The molecule has 1 nitrogen and oxygen atoms in total. The molecule has 0 spiro atoms. The van der Waals surface area contributed by atoms with E-state index in [0.717, 1.165) is 29.5 Å². The fraction of sp³-hybridized carbons (Fsp3) is 0.235. The third kappa shape index (κ3) is 3.19. The number of halogens is 1. The van der Waals surface area contributed by atoms with Crippen molar-refractivity contribution in [3.63, 3.8) is 0 Å². The van der Waals surface area contributed by atoms with Crippen LogP contribution in [0.25, 0.3) is 11.1 Å². The molecule has 0 aliphatic carbocycles. The van der Waals surface area contributed by atoms with Crippen LogP contribution in [0.4, 0.5) is 10.1 Å². The quantitative estimate of drug-likeness (QED) is 0.534. The topological polar surface area (TPSA) is 12.4 Å². The normalized spacial score (nSPS) is 10.2. The lowest BCUT2D eigenvalue weighted by Crippen LogP contribution is -1.87. The summed E-state index contributed by atoms with van der Waals surface area (Å²) in [6.45, 7) is 3.98. The van der Waals surface area contributed by atoms with E-state index in [4.69, 9.17) is 0 Å². The number of nitrogens with zero attached hydrogens (tertiary/aromatic N) is 1. The summed E-state index contributed by atoms with van der Waals surface area (Å²) in [6, 6.07) is 11.7. The van der Waals surface area contributed by atoms with Gasteiger partial charge in [0.25, 0.3) is 0 Å². The Hall–Kier alpha value is -1.83. The van der Waals surface area contributed by atoms with Crippen LogP contribution in [0.2, 0.25) is 0 Å². The first kappa shape index (κ1) is 14.6. The summed E-state index contributed by atoms with van der Waals surface area (Å²) in [6.07, 6.45) is 2.19. The number of aryl methyl sites for hydroxylation is 2. The Labute approximate surface area is 124 Å². The van der Waals surface area contributed by atoms with Gasteiger partial charge in [-0.05, 0) is 59.9 Å². The highest BCUT2D eigenvalue weighted by Crippen LogP contribution is 2.29. The molecule has 3 heteroatoms. The predicted octanol–water partition coefficient (Wildman–Crippen LogP) is 5.49. The average molecular weight is 285 g/mol. The van der Waals surface area contributed by atoms with E-state index in [1.807, 2.05) is 25.1 Å². The molecule has 0 saturated heterocycles. The predicted molar refractivity (Wildman–Crippen MR) is 85.3 cm³/mol. The Morgan fingerprint density at radius 2 is 1.85 bits per heavy atom. The van der Waals surface area contributed by atoms with Crippen LogP contribution in [0.1, 0.15) is 24.5 Å². The summed E-state index contributed by atoms with van der Waals surface area (Å²) in [4.78, 5) is 3.77. The number of hydrogen-bond acceptors (Lipinski definition) is 2. The van der Waals surface area contributed by atoms with Crippen molar-refractivity contribution in [2.24, 2.45) is 4.99 Å². The lowest BCUT2D eigenvalue weighted by atomic mass is 10.00. The Kier molecular flexibility index (Phi) is 4.78. The Morgan fingerprint density at radius 1 is 1.15 bits per heavy atom. The van der Waals surface area contributed by atoms with Crippen LogP contribution >= 0.6 is 12.2 Å². The van der Waals surface area contributed by atoms with Gasteiger partial charge in [0.1, 0.15) is 5.69 Å². The Balaban J connectivity index is 2.40. The van der Waals surface area contributed by atoms with E-state index >= 15 is 0 Å². The highest BCUT2D eigenvalue weighted by atomic mass is 32.1. The van der Waals surface area contributed by atoms with E-state index < -0.39 is 0 Å². The molecule has 0 atom stereocenters. The van der Waals surface area contributed by atoms with Crippen LogP contribution in [0.5, 0.6) is 0 Å². The highest BCUT2D eigenvalue weighted by Gasteiger charge is 2.08. The lowest BCUT2D eigenvalue weighted by Gasteiger charge is -2.07. The average Bonchev–Trinajstić information content (AvgIpc) is 2.44. The minimum atomic E-state index is -0.366. The second-order valence-corrected chi connectivity index (χ2v) is 4.96. The maximum atomic E-state index is 14.0. The minimum Gasteiger partial charge on any atom is -0.205 e. The summed E-state index contributed by atoms with van der Waals surface area (Å²) in [5.74, 6) is -0.366. The van der Waals surface area contributed by atoms with Crippen molar-refractivity contribution >= 4 is 23.1 Å². The SMILES string of the molecule is CCCc1ccc(-c2cc(C)c(N=C=S)c(F)c2)cc1. The standard InChI is InChI=1S/C17H16FNS/c1-3-4-13-5-7-14(8-6-13)15-9-12(2)17(19-11-20)16(18)10-15/h5-10H,3-4H2,1-2H3. The van der Waals surface area contributed by atoms with Gasteiger partial charge in [-0.1, -0.05) is 37.6 Å². The van der Waals surface area contributed by atoms with Gasteiger partial charge in [0.15, 0.2) is 5.82 Å². The lowest BCUT2D eigenvalue weighted by molar-refractivity contribution is 0.629. The molecular formula is C17H16FNS. The van der Waals surface area contributed by atoms with Gasteiger partial charge in [0.2, 0.25) is 0 Å². The number of rotatable bonds is 4. The Morgan fingerprint density at radius 3 is 2.40 bits per heavy atom. The third-order valence-electron chi connectivity index (χ3n) is 3.24. The molecule has 0 amide bonds. The van der Waals surface area contributed by atoms with E-state index in [2.05, 4.69) is 41.4 Å². The fourth-order valence-electron chi connectivity index (χ4n) is 2.24. The minimum absolute atomic E-state index is 0.270. The van der Waals surface area contributed by atoms with Gasteiger partial charge in [-0.3, -0.25) is 0 Å². The zero-order chi connectivity index (χ0) is 14.5. The third-order valence-corrected chi connectivity index (χ3v) is 3.33. The van der Waals surface area contributed by atoms with E-state index in [1.54, 1.807) is 0 Å². The largest absolute Gasteiger partial charge is 0.205 e. The number of thiocarbonyl (C=S) groups is 1. The zero-order valence-electron chi connectivity index (χ0n) is 11.6. The van der Waals surface area contributed by atoms with Crippen molar-refractivity contribution in [1.82, 2.24) is 0 Å². The molecular weight excluding hydrogens is 269 g/mol. The molecule has 0 aliphatic rings. The van der Waals surface area contributed by atoms with Gasteiger partial charge in [-0.2, -0.15) is 4.99 Å². The van der Waals surface area contributed by atoms with Gasteiger partial charge in [-0.25, -0.2) is 4.39 Å². The van der Waals surface area contributed by atoms with Crippen molar-refractivity contribution in [2.75, 3.05) is 0 Å². The number of hydrogen-bond donors (Lipinski definition) is 0. The molecule has 0 heterocycles. The van der Waals surface area contributed by atoms with Crippen molar-refractivity contribution in [3.8, 4) is 11.1 Å². The van der Waals surface area contributed by atoms with Gasteiger partial charge in [0.05, 0.1) is 5.16 Å². The van der Waals surface area contributed by atoms with E-state index in [-0.39, 0.29) is 11.5 Å². The first-order valence-corrected chi connectivity index (χ1v) is 7.04. The molecule has 0 aliphatic heterocycles. The molecule has 0 saturated carbocycles. The van der Waals surface area contributed by atoms with E-state index in [0.29, 0.717) is 0 Å². The van der Waals surface area contributed by atoms with Gasteiger partial charge in [0, 0.05) is 0 Å². The molecule has 0 unspecified atom stereocenters. The van der Waals surface area contributed by atoms with Crippen LogP contribution in [-0.4, -0.2) is 5.16 Å². The fourth-order valence-corrected chi connectivity index (χ4v) is 2.33. The van der Waals surface area contributed by atoms with Crippen molar-refractivity contribution in [2.45, 2.75) is 26.7 Å². The highest BCUT2D eigenvalue weighted by molar-refractivity contribution is 7.78. The molecule has 102 valence electrons. The van der Waals surface area contributed by atoms with Crippen LogP contribution in [0.3, 0.4) is 0 Å². The number of benzene rings is 2. The maximum absolute atomic E-state index is 14.0. The smallest absolute Gasteiger partial charge is 0.150 e. The van der Waals surface area contributed by atoms with Crippen molar-refractivity contribution in [3.05, 3.63) is 53.3 Å². The molecule has 2 rings (SSSR count). The molecule has 0 bridgehead atoms. The summed E-state index contributed by atoms with van der Waals surface area (Å²) in [7, 11) is 0. The summed E-state index contributed by atoms with van der Waals surface area (Å²) in [5.41, 5.74) is 4.19. The Bertz CT molecular complexity index is 632. The van der Waals surface area contributed by atoms with Crippen LogP contribution in [0.15, 0.2) is 41.4 Å². The molecule has 0 N–H and O–H groups in total.